The Labute approximate surface area is 122 Å². The molecule has 0 N–H and O–H groups in total. The number of rotatable bonds is 5. The van der Waals surface area contributed by atoms with Crippen LogP contribution in [0.25, 0.3) is 0 Å². The lowest BCUT2D eigenvalue weighted by Crippen LogP contribution is -2.17. The van der Waals surface area contributed by atoms with Crippen molar-refractivity contribution in [2.24, 2.45) is 0 Å². The average molecular weight is 324 g/mol. The van der Waals surface area contributed by atoms with Gasteiger partial charge in [0.1, 0.15) is 11.5 Å². The molecule has 0 atom stereocenters. The molecule has 4 heteroatoms. The highest BCUT2D eigenvalue weighted by Gasteiger charge is 2.09. The zero-order chi connectivity index (χ0) is 13.8. The Morgan fingerprint density at radius 3 is 2.58 bits per heavy atom. The van der Waals surface area contributed by atoms with E-state index < -0.39 is 0 Å². The van der Waals surface area contributed by atoms with Gasteiger partial charge in [-0.1, -0.05) is 15.9 Å². The number of methoxy groups -OCH3 is 1. The second-order valence-corrected chi connectivity index (χ2v) is 5.55. The summed E-state index contributed by atoms with van der Waals surface area (Å²) in [5.74, 6) is 1.90. The van der Waals surface area contributed by atoms with Crippen LogP contribution in [-0.2, 0) is 13.1 Å². The fraction of sp³-hybridized carbons (Fsp3) is 0.333. The van der Waals surface area contributed by atoms with E-state index in [0.29, 0.717) is 0 Å². The Balaban J connectivity index is 2.08. The zero-order valence-corrected chi connectivity index (χ0v) is 13.0. The van der Waals surface area contributed by atoms with Crippen LogP contribution in [-0.4, -0.2) is 19.1 Å². The first-order chi connectivity index (χ1) is 9.10. The minimum Gasteiger partial charge on any atom is -0.496 e. The fourth-order valence-corrected chi connectivity index (χ4v) is 2.49. The predicted octanol–water partition coefficient (Wildman–Crippen LogP) is 3.99. The van der Waals surface area contributed by atoms with Crippen molar-refractivity contribution in [1.29, 1.82) is 0 Å². The molecule has 19 heavy (non-hydrogen) atoms. The van der Waals surface area contributed by atoms with E-state index >= 15 is 0 Å². The number of benzene rings is 1. The normalized spacial score (nSPS) is 11.0. The molecule has 0 aliphatic rings. The predicted molar refractivity (Wildman–Crippen MR) is 79.3 cm³/mol. The molecule has 3 nitrogen and oxygen atoms in total. The van der Waals surface area contributed by atoms with E-state index in [0.717, 1.165) is 29.1 Å². The molecule has 2 rings (SSSR count). The van der Waals surface area contributed by atoms with Gasteiger partial charge in [-0.15, -0.1) is 0 Å². The maximum atomic E-state index is 5.39. The van der Waals surface area contributed by atoms with E-state index in [1.54, 1.807) is 13.4 Å². The van der Waals surface area contributed by atoms with Crippen molar-refractivity contribution in [3.05, 3.63) is 51.9 Å². The summed E-state index contributed by atoms with van der Waals surface area (Å²) in [5.41, 5.74) is 2.39. The van der Waals surface area contributed by atoms with Crippen molar-refractivity contribution in [1.82, 2.24) is 4.90 Å². The van der Waals surface area contributed by atoms with E-state index in [2.05, 4.69) is 33.9 Å². The summed E-state index contributed by atoms with van der Waals surface area (Å²) in [6, 6.07) is 8.08. The van der Waals surface area contributed by atoms with Gasteiger partial charge in [0, 0.05) is 28.7 Å². The second-order valence-electron chi connectivity index (χ2n) is 4.63. The lowest BCUT2D eigenvalue weighted by molar-refractivity contribution is 0.308. The number of ether oxygens (including phenoxy) is 1. The molecule has 1 heterocycles. The number of hydrogen-bond donors (Lipinski definition) is 0. The SMILES string of the molecule is COc1ccc(Br)cc1CN(C)Cc1ccoc1C. The Hall–Kier alpha value is -1.26. The Morgan fingerprint density at radius 2 is 1.95 bits per heavy atom. The van der Waals surface area contributed by atoms with Crippen LogP contribution in [0.5, 0.6) is 5.75 Å². The van der Waals surface area contributed by atoms with Crippen molar-refractivity contribution >= 4 is 15.9 Å². The molecule has 0 unspecified atom stereocenters. The molecule has 0 saturated carbocycles. The third kappa shape index (κ3) is 3.61. The van der Waals surface area contributed by atoms with Gasteiger partial charge in [-0.3, -0.25) is 4.90 Å². The van der Waals surface area contributed by atoms with Crippen molar-refractivity contribution in [3.63, 3.8) is 0 Å². The molecule has 0 radical (unpaired) electrons. The molecule has 0 spiro atoms. The van der Waals surface area contributed by atoms with Gasteiger partial charge in [-0.2, -0.15) is 0 Å². The zero-order valence-electron chi connectivity index (χ0n) is 11.4. The number of furan rings is 1. The van der Waals surface area contributed by atoms with Crippen LogP contribution in [0.1, 0.15) is 16.9 Å². The lowest BCUT2D eigenvalue weighted by Gasteiger charge is -2.18. The highest BCUT2D eigenvalue weighted by atomic mass is 79.9. The molecular weight excluding hydrogens is 306 g/mol. The van der Waals surface area contributed by atoms with Crippen LogP contribution < -0.4 is 4.74 Å². The summed E-state index contributed by atoms with van der Waals surface area (Å²) in [7, 11) is 3.79. The molecule has 0 aliphatic carbocycles. The first-order valence-electron chi connectivity index (χ1n) is 6.14. The smallest absolute Gasteiger partial charge is 0.123 e. The van der Waals surface area contributed by atoms with Gasteiger partial charge >= 0.3 is 0 Å². The Kier molecular flexibility index (Phi) is 4.66. The summed E-state index contributed by atoms with van der Waals surface area (Å²) >= 11 is 3.50. The van der Waals surface area contributed by atoms with Crippen molar-refractivity contribution in [2.75, 3.05) is 14.2 Å². The quantitative estimate of drug-likeness (QED) is 0.832. The van der Waals surface area contributed by atoms with Crippen molar-refractivity contribution in [2.45, 2.75) is 20.0 Å². The van der Waals surface area contributed by atoms with Crippen molar-refractivity contribution < 1.29 is 9.15 Å². The summed E-state index contributed by atoms with van der Waals surface area (Å²) in [4.78, 5) is 2.24. The molecule has 1 aromatic heterocycles. The largest absolute Gasteiger partial charge is 0.496 e. The van der Waals surface area contributed by atoms with Crippen LogP contribution >= 0.6 is 15.9 Å². The van der Waals surface area contributed by atoms with E-state index in [9.17, 15) is 0 Å². The molecule has 102 valence electrons. The van der Waals surface area contributed by atoms with Crippen LogP contribution in [0, 0.1) is 6.92 Å². The fourth-order valence-electron chi connectivity index (χ4n) is 2.08. The van der Waals surface area contributed by atoms with Gasteiger partial charge in [-0.25, -0.2) is 0 Å². The first-order valence-corrected chi connectivity index (χ1v) is 6.93. The molecule has 1 aromatic carbocycles. The number of halogens is 1. The van der Waals surface area contributed by atoms with Crippen LogP contribution in [0.15, 0.2) is 39.4 Å². The molecule has 2 aromatic rings. The van der Waals surface area contributed by atoms with Crippen molar-refractivity contribution in [3.8, 4) is 5.75 Å². The molecule has 0 fully saturated rings. The topological polar surface area (TPSA) is 25.6 Å². The van der Waals surface area contributed by atoms with Gasteiger partial charge in [-0.05, 0) is 38.2 Å². The van der Waals surface area contributed by atoms with Crippen LogP contribution in [0.2, 0.25) is 0 Å². The monoisotopic (exact) mass is 323 g/mol. The number of nitrogens with zero attached hydrogens (tertiary/aromatic N) is 1. The highest BCUT2D eigenvalue weighted by Crippen LogP contribution is 2.24. The maximum absolute atomic E-state index is 5.39. The minimum atomic E-state index is 0.827. The standard InChI is InChI=1S/C15H18BrNO2/c1-11-12(6-7-19-11)9-17(2)10-13-8-14(16)4-5-15(13)18-3/h4-8H,9-10H2,1-3H3. The van der Waals surface area contributed by atoms with E-state index in [1.165, 1.54) is 11.1 Å². The number of hydrogen-bond acceptors (Lipinski definition) is 3. The lowest BCUT2D eigenvalue weighted by atomic mass is 10.1. The Morgan fingerprint density at radius 1 is 1.21 bits per heavy atom. The van der Waals surface area contributed by atoms with Gasteiger partial charge in [0.2, 0.25) is 0 Å². The molecule has 0 bridgehead atoms. The van der Waals surface area contributed by atoms with Gasteiger partial charge in [0.25, 0.3) is 0 Å². The van der Waals surface area contributed by atoms with Gasteiger partial charge in [0.05, 0.1) is 13.4 Å². The third-order valence-electron chi connectivity index (χ3n) is 3.09. The second kappa shape index (κ2) is 6.26. The summed E-state index contributed by atoms with van der Waals surface area (Å²) in [5, 5.41) is 0. The van der Waals surface area contributed by atoms with Gasteiger partial charge < -0.3 is 9.15 Å². The van der Waals surface area contributed by atoms with Gasteiger partial charge in [0.15, 0.2) is 0 Å². The van der Waals surface area contributed by atoms with Crippen LogP contribution in [0.3, 0.4) is 0 Å². The average Bonchev–Trinajstić information content (AvgIpc) is 2.75. The van der Waals surface area contributed by atoms with E-state index in [4.69, 9.17) is 9.15 Å². The minimum absolute atomic E-state index is 0.827. The summed E-state index contributed by atoms with van der Waals surface area (Å²) in [6.07, 6.45) is 1.73. The molecule has 0 saturated heterocycles. The number of aryl methyl sites for hydroxylation is 1. The maximum Gasteiger partial charge on any atom is 0.123 e. The first kappa shape index (κ1) is 14.2. The summed E-state index contributed by atoms with van der Waals surface area (Å²) in [6.45, 7) is 3.67. The third-order valence-corrected chi connectivity index (χ3v) is 3.58. The van der Waals surface area contributed by atoms with Crippen LogP contribution in [0.4, 0.5) is 0 Å². The highest BCUT2D eigenvalue weighted by molar-refractivity contribution is 9.10. The molecule has 0 amide bonds. The van der Waals surface area contributed by atoms with E-state index in [1.807, 2.05) is 25.1 Å². The summed E-state index contributed by atoms with van der Waals surface area (Å²) < 4.78 is 11.8. The van der Waals surface area contributed by atoms with E-state index in [-0.39, 0.29) is 0 Å². The molecule has 0 aliphatic heterocycles. The molecular formula is C15H18BrNO2. The Bertz CT molecular complexity index is 551.